The van der Waals surface area contributed by atoms with Crippen molar-refractivity contribution < 1.29 is 14.2 Å². The highest BCUT2D eigenvalue weighted by molar-refractivity contribution is 5.89. The molecular formula is C25H28N6O3. The van der Waals surface area contributed by atoms with Gasteiger partial charge >= 0.3 is 0 Å². The molecule has 9 nitrogen and oxygen atoms in total. The van der Waals surface area contributed by atoms with Crippen molar-refractivity contribution >= 4 is 17.0 Å². The van der Waals surface area contributed by atoms with Gasteiger partial charge in [0.15, 0.2) is 34.3 Å². The molecule has 4 aromatic rings. The van der Waals surface area contributed by atoms with Crippen LogP contribution in [-0.2, 0) is 11.3 Å². The van der Waals surface area contributed by atoms with Gasteiger partial charge in [0.2, 0.25) is 0 Å². The number of aromatic nitrogens is 5. The molecule has 9 heteroatoms. The standard InChI is InChI=1S/C25H28N6O3/c1-5-30-23(17-8-10-26-11-9-17)27-21-24(30)28-22(18-6-7-19(32-3)20(14-18)33-4)29-25(21)31-12-13-34-15-16(31)2/h6-11,14,16H,5,12-13,15H2,1-4H3. The van der Waals surface area contributed by atoms with Gasteiger partial charge in [0, 0.05) is 36.6 Å². The van der Waals surface area contributed by atoms with Gasteiger partial charge in [0.25, 0.3) is 0 Å². The van der Waals surface area contributed by atoms with Gasteiger partial charge in [0.1, 0.15) is 5.82 Å². The highest BCUT2D eigenvalue weighted by Crippen LogP contribution is 2.35. The average molecular weight is 461 g/mol. The van der Waals surface area contributed by atoms with Crippen molar-refractivity contribution in [1.29, 1.82) is 0 Å². The lowest BCUT2D eigenvalue weighted by molar-refractivity contribution is 0.0987. The molecule has 5 rings (SSSR count). The maximum atomic E-state index is 5.69. The zero-order valence-electron chi connectivity index (χ0n) is 19.9. The van der Waals surface area contributed by atoms with Crippen LogP contribution >= 0.6 is 0 Å². The second kappa shape index (κ2) is 9.26. The van der Waals surface area contributed by atoms with E-state index in [2.05, 4.69) is 28.3 Å². The van der Waals surface area contributed by atoms with Crippen LogP contribution in [0.15, 0.2) is 42.7 Å². The molecule has 34 heavy (non-hydrogen) atoms. The van der Waals surface area contributed by atoms with E-state index >= 15 is 0 Å². The molecule has 4 heterocycles. The van der Waals surface area contributed by atoms with Crippen LogP contribution in [0.2, 0.25) is 0 Å². The lowest BCUT2D eigenvalue weighted by Crippen LogP contribution is -2.44. The Morgan fingerprint density at radius 2 is 1.79 bits per heavy atom. The van der Waals surface area contributed by atoms with Gasteiger partial charge < -0.3 is 23.7 Å². The Kier molecular flexibility index (Phi) is 6.02. The number of aryl methyl sites for hydroxylation is 1. The normalized spacial score (nSPS) is 16.1. The van der Waals surface area contributed by atoms with Crippen molar-refractivity contribution in [3.8, 4) is 34.3 Å². The molecule has 176 valence electrons. The van der Waals surface area contributed by atoms with Crippen molar-refractivity contribution in [1.82, 2.24) is 24.5 Å². The third-order valence-electron chi connectivity index (χ3n) is 6.11. The summed E-state index contributed by atoms with van der Waals surface area (Å²) in [5.74, 6) is 3.56. The number of morpholine rings is 1. The molecule has 0 saturated carbocycles. The van der Waals surface area contributed by atoms with Crippen LogP contribution in [0.3, 0.4) is 0 Å². The van der Waals surface area contributed by atoms with Gasteiger partial charge in [-0.3, -0.25) is 4.98 Å². The van der Waals surface area contributed by atoms with Crippen molar-refractivity contribution in [3.05, 3.63) is 42.7 Å². The Balaban J connectivity index is 1.76. The number of anilines is 1. The summed E-state index contributed by atoms with van der Waals surface area (Å²) in [7, 11) is 3.25. The van der Waals surface area contributed by atoms with Crippen molar-refractivity contribution in [3.63, 3.8) is 0 Å². The van der Waals surface area contributed by atoms with Gasteiger partial charge in [-0.2, -0.15) is 0 Å². The van der Waals surface area contributed by atoms with E-state index in [0.717, 1.165) is 40.5 Å². The van der Waals surface area contributed by atoms with Crippen LogP contribution in [0, 0.1) is 0 Å². The van der Waals surface area contributed by atoms with E-state index in [1.165, 1.54) is 0 Å². The molecule has 0 N–H and O–H groups in total. The van der Waals surface area contributed by atoms with Gasteiger partial charge in [-0.1, -0.05) is 0 Å². The summed E-state index contributed by atoms with van der Waals surface area (Å²) in [6, 6.07) is 9.83. The minimum absolute atomic E-state index is 0.168. The van der Waals surface area contributed by atoms with Crippen LogP contribution in [0.1, 0.15) is 13.8 Å². The number of nitrogens with zero attached hydrogens (tertiary/aromatic N) is 6. The highest BCUT2D eigenvalue weighted by atomic mass is 16.5. The van der Waals surface area contributed by atoms with Crippen molar-refractivity contribution in [2.45, 2.75) is 26.4 Å². The van der Waals surface area contributed by atoms with Gasteiger partial charge in [0.05, 0.1) is 33.5 Å². The summed E-state index contributed by atoms with van der Waals surface area (Å²) in [5, 5.41) is 0. The van der Waals surface area contributed by atoms with Crippen LogP contribution in [-0.4, -0.2) is 64.5 Å². The molecule has 0 radical (unpaired) electrons. The van der Waals surface area contributed by atoms with Crippen molar-refractivity contribution in [2.24, 2.45) is 0 Å². The summed E-state index contributed by atoms with van der Waals surface area (Å²) in [6.07, 6.45) is 3.56. The van der Waals surface area contributed by atoms with Gasteiger partial charge in [-0.15, -0.1) is 0 Å². The predicted octanol–water partition coefficient (Wildman–Crippen LogP) is 3.82. The zero-order chi connectivity index (χ0) is 23.7. The Morgan fingerprint density at radius 3 is 2.50 bits per heavy atom. The molecule has 0 bridgehead atoms. The molecule has 1 unspecified atom stereocenters. The van der Waals surface area contributed by atoms with E-state index in [9.17, 15) is 0 Å². The third kappa shape index (κ3) is 3.81. The number of rotatable bonds is 6. The fraction of sp³-hybridized carbons (Fsp3) is 0.360. The van der Waals surface area contributed by atoms with E-state index in [-0.39, 0.29) is 6.04 Å². The second-order valence-electron chi connectivity index (χ2n) is 8.15. The first-order valence-corrected chi connectivity index (χ1v) is 11.4. The smallest absolute Gasteiger partial charge is 0.166 e. The molecule has 3 aromatic heterocycles. The van der Waals surface area contributed by atoms with Crippen LogP contribution in [0.4, 0.5) is 5.82 Å². The second-order valence-corrected chi connectivity index (χ2v) is 8.15. The van der Waals surface area contributed by atoms with Gasteiger partial charge in [-0.05, 0) is 44.2 Å². The maximum Gasteiger partial charge on any atom is 0.166 e. The zero-order valence-corrected chi connectivity index (χ0v) is 19.9. The summed E-state index contributed by atoms with van der Waals surface area (Å²) < 4.78 is 18.8. The molecule has 1 atom stereocenters. The van der Waals surface area contributed by atoms with E-state index in [4.69, 9.17) is 29.2 Å². The van der Waals surface area contributed by atoms with Gasteiger partial charge in [-0.25, -0.2) is 15.0 Å². The Bertz CT molecular complexity index is 1310. The molecule has 1 aliphatic rings. The number of benzene rings is 1. The van der Waals surface area contributed by atoms with Crippen LogP contribution in [0.25, 0.3) is 33.9 Å². The fourth-order valence-corrected chi connectivity index (χ4v) is 4.35. The minimum atomic E-state index is 0.168. The lowest BCUT2D eigenvalue weighted by Gasteiger charge is -2.34. The first-order chi connectivity index (χ1) is 16.6. The lowest BCUT2D eigenvalue weighted by atomic mass is 10.1. The number of hydrogen-bond acceptors (Lipinski definition) is 8. The summed E-state index contributed by atoms with van der Waals surface area (Å²) in [5.41, 5.74) is 3.41. The van der Waals surface area contributed by atoms with E-state index in [1.807, 2.05) is 30.3 Å². The Labute approximate surface area is 198 Å². The number of pyridine rings is 1. The minimum Gasteiger partial charge on any atom is -0.493 e. The average Bonchev–Trinajstić information content (AvgIpc) is 3.27. The number of methoxy groups -OCH3 is 2. The van der Waals surface area contributed by atoms with Crippen molar-refractivity contribution in [2.75, 3.05) is 38.9 Å². The van der Waals surface area contributed by atoms with E-state index in [1.54, 1.807) is 26.6 Å². The fourth-order valence-electron chi connectivity index (χ4n) is 4.35. The first kappa shape index (κ1) is 22.1. The maximum absolute atomic E-state index is 5.69. The third-order valence-corrected chi connectivity index (χ3v) is 6.11. The first-order valence-electron chi connectivity index (χ1n) is 11.4. The number of fused-ring (bicyclic) bond motifs is 1. The molecule has 0 spiro atoms. The molecule has 0 aliphatic carbocycles. The Morgan fingerprint density at radius 1 is 1.00 bits per heavy atom. The summed E-state index contributed by atoms with van der Waals surface area (Å²) >= 11 is 0. The summed E-state index contributed by atoms with van der Waals surface area (Å²) in [6.45, 7) is 6.98. The number of imidazole rings is 1. The number of ether oxygens (including phenoxy) is 3. The molecule has 1 saturated heterocycles. The highest BCUT2D eigenvalue weighted by Gasteiger charge is 2.27. The summed E-state index contributed by atoms with van der Waals surface area (Å²) in [4.78, 5) is 21.5. The largest absolute Gasteiger partial charge is 0.493 e. The van der Waals surface area contributed by atoms with Crippen LogP contribution < -0.4 is 14.4 Å². The molecule has 1 aliphatic heterocycles. The Hall–Kier alpha value is -3.72. The predicted molar refractivity (Wildman–Crippen MR) is 130 cm³/mol. The molecular weight excluding hydrogens is 432 g/mol. The molecule has 1 fully saturated rings. The SMILES string of the molecule is CCn1c(-c2ccncc2)nc2c(N3CCOCC3C)nc(-c3ccc(OC)c(OC)c3)nc21. The monoisotopic (exact) mass is 460 g/mol. The molecule has 0 amide bonds. The van der Waals surface area contributed by atoms with E-state index in [0.29, 0.717) is 37.1 Å². The van der Waals surface area contributed by atoms with E-state index < -0.39 is 0 Å². The quantitative estimate of drug-likeness (QED) is 0.429. The molecule has 1 aromatic carbocycles. The topological polar surface area (TPSA) is 87.4 Å². The number of hydrogen-bond donors (Lipinski definition) is 0. The van der Waals surface area contributed by atoms with Crippen LogP contribution in [0.5, 0.6) is 11.5 Å².